The van der Waals surface area contributed by atoms with E-state index in [1.165, 1.54) is 0 Å². The fourth-order valence-electron chi connectivity index (χ4n) is 0.843. The topological polar surface area (TPSA) is 63.2 Å². The SMILES string of the molecule is O=P12OC3OOC3(O1)O2. The summed E-state index contributed by atoms with van der Waals surface area (Å²) in [7, 11) is -3.21. The van der Waals surface area contributed by atoms with Crippen LogP contribution < -0.4 is 0 Å². The molecule has 1 unspecified atom stereocenters. The normalized spacial score (nSPS) is 68.2. The van der Waals surface area contributed by atoms with E-state index < -0.39 is 20.1 Å². The van der Waals surface area contributed by atoms with Gasteiger partial charge in [-0.05, 0) is 0 Å². The van der Waals surface area contributed by atoms with Gasteiger partial charge in [0.1, 0.15) is 0 Å². The highest BCUT2D eigenvalue weighted by molar-refractivity contribution is 7.50. The predicted octanol–water partition coefficient (Wildman–Crippen LogP) is 0.113. The van der Waals surface area contributed by atoms with Gasteiger partial charge in [0, 0.05) is 0 Å². The van der Waals surface area contributed by atoms with Crippen molar-refractivity contribution < 1.29 is 27.9 Å². The van der Waals surface area contributed by atoms with Gasteiger partial charge in [-0.1, -0.05) is 0 Å². The van der Waals surface area contributed by atoms with Gasteiger partial charge in [-0.2, -0.15) is 9.78 Å². The molecule has 0 amide bonds. The molecule has 4 heterocycles. The van der Waals surface area contributed by atoms with Crippen LogP contribution in [0.3, 0.4) is 0 Å². The van der Waals surface area contributed by atoms with Crippen LogP contribution in [0.1, 0.15) is 0 Å². The smallest absolute Gasteiger partial charge is 0.244 e. The van der Waals surface area contributed by atoms with Crippen molar-refractivity contribution in [3.8, 4) is 0 Å². The van der Waals surface area contributed by atoms with Crippen LogP contribution in [0.25, 0.3) is 0 Å². The highest BCUT2D eigenvalue weighted by Gasteiger charge is 2.81. The van der Waals surface area contributed by atoms with Crippen LogP contribution in [0.5, 0.6) is 0 Å². The van der Waals surface area contributed by atoms with Crippen molar-refractivity contribution in [1.29, 1.82) is 0 Å². The van der Waals surface area contributed by atoms with Crippen molar-refractivity contribution in [3.05, 3.63) is 0 Å². The summed E-state index contributed by atoms with van der Waals surface area (Å²) in [5, 5.41) is 0. The highest BCUT2D eigenvalue weighted by atomic mass is 31.2. The van der Waals surface area contributed by atoms with Gasteiger partial charge in [0.15, 0.2) is 0 Å². The van der Waals surface area contributed by atoms with E-state index in [0.29, 0.717) is 0 Å². The average molecular weight is 152 g/mol. The first-order chi connectivity index (χ1) is 4.23. The minimum Gasteiger partial charge on any atom is -0.244 e. The lowest BCUT2D eigenvalue weighted by Crippen LogP contribution is -2.56. The van der Waals surface area contributed by atoms with Crippen molar-refractivity contribution >= 4 is 7.82 Å². The summed E-state index contributed by atoms with van der Waals surface area (Å²) in [5.74, 6) is -1.27. The first-order valence-corrected chi connectivity index (χ1v) is 3.73. The Morgan fingerprint density at radius 2 is 2.22 bits per heavy atom. The Kier molecular flexibility index (Phi) is 0.526. The van der Waals surface area contributed by atoms with Gasteiger partial charge in [-0.15, -0.1) is 0 Å². The molecule has 7 heteroatoms. The molecule has 0 aromatic rings. The minimum atomic E-state index is -3.21. The maximum atomic E-state index is 10.7. The number of hydrogen-bond donors (Lipinski definition) is 0. The summed E-state index contributed by atoms with van der Waals surface area (Å²) in [4.78, 5) is 8.65. The maximum absolute atomic E-state index is 10.7. The lowest BCUT2D eigenvalue weighted by atomic mass is 10.5. The molecule has 4 aliphatic rings. The number of phosphoric ester groups is 1. The number of hydrogen-bond acceptors (Lipinski definition) is 6. The zero-order valence-electron chi connectivity index (χ0n) is 3.97. The fraction of sp³-hybridized carbons (Fsp3) is 1.00. The van der Waals surface area contributed by atoms with Crippen LogP contribution >= 0.6 is 7.82 Å². The Morgan fingerprint density at radius 1 is 1.44 bits per heavy atom. The first kappa shape index (κ1) is 4.79. The molecule has 1 spiro atoms. The molecule has 0 radical (unpaired) electrons. The molecule has 9 heavy (non-hydrogen) atoms. The van der Waals surface area contributed by atoms with E-state index in [1.807, 2.05) is 0 Å². The monoisotopic (exact) mass is 152 g/mol. The summed E-state index contributed by atoms with van der Waals surface area (Å²) in [6, 6.07) is 0. The quantitative estimate of drug-likeness (QED) is 0.362. The molecule has 0 aromatic heterocycles. The Labute approximate surface area is 49.1 Å². The van der Waals surface area contributed by atoms with Crippen molar-refractivity contribution in [2.45, 2.75) is 12.3 Å². The van der Waals surface area contributed by atoms with Crippen LogP contribution in [0, 0.1) is 0 Å². The third-order valence-electron chi connectivity index (χ3n) is 1.24. The summed E-state index contributed by atoms with van der Waals surface area (Å²) in [5.41, 5.74) is 0. The van der Waals surface area contributed by atoms with E-state index in [-0.39, 0.29) is 0 Å². The molecular formula is C2HO6P. The van der Waals surface area contributed by atoms with Crippen LogP contribution in [0.15, 0.2) is 0 Å². The van der Waals surface area contributed by atoms with E-state index in [9.17, 15) is 4.57 Å². The highest BCUT2D eigenvalue weighted by Crippen LogP contribution is 2.77. The lowest BCUT2D eigenvalue weighted by Gasteiger charge is -2.38. The molecule has 1 atom stereocenters. The van der Waals surface area contributed by atoms with Gasteiger partial charge in [0.2, 0.25) is 0 Å². The lowest BCUT2D eigenvalue weighted by molar-refractivity contribution is -0.628. The molecule has 4 aliphatic heterocycles. The molecule has 0 N–H and O–H groups in total. The molecule has 6 nitrogen and oxygen atoms in total. The van der Waals surface area contributed by atoms with Gasteiger partial charge in [0.05, 0.1) is 0 Å². The standard InChI is InChI=1S/C2HO6P/c3-9-5-1-2(7-9,8-9)6-4-1/h1H. The van der Waals surface area contributed by atoms with Crippen LogP contribution in [0.4, 0.5) is 0 Å². The van der Waals surface area contributed by atoms with Gasteiger partial charge in [-0.3, -0.25) is 0 Å². The van der Waals surface area contributed by atoms with Crippen molar-refractivity contribution in [2.75, 3.05) is 0 Å². The Bertz CT molecular complexity index is 205. The molecule has 0 saturated carbocycles. The summed E-state index contributed by atoms with van der Waals surface area (Å²) >= 11 is 0. The third-order valence-corrected chi connectivity index (χ3v) is 2.65. The van der Waals surface area contributed by atoms with Crippen molar-refractivity contribution in [2.24, 2.45) is 0 Å². The van der Waals surface area contributed by atoms with Gasteiger partial charge in [-0.25, -0.2) is 18.1 Å². The Balaban J connectivity index is 2.10. The molecule has 4 rings (SSSR count). The average Bonchev–Trinajstić information content (AvgIpc) is 1.94. The predicted molar refractivity (Wildman–Crippen MR) is 19.6 cm³/mol. The van der Waals surface area contributed by atoms with E-state index in [2.05, 4.69) is 23.3 Å². The van der Waals surface area contributed by atoms with E-state index in [0.717, 1.165) is 0 Å². The number of rotatable bonds is 0. The largest absolute Gasteiger partial charge is 0.486 e. The zero-order chi connectivity index (χ0) is 6.11. The third kappa shape index (κ3) is 0.346. The van der Waals surface area contributed by atoms with Crippen molar-refractivity contribution in [3.63, 3.8) is 0 Å². The second-order valence-corrected chi connectivity index (χ2v) is 3.32. The minimum absolute atomic E-state index is 0.747. The van der Waals surface area contributed by atoms with Gasteiger partial charge < -0.3 is 0 Å². The summed E-state index contributed by atoms with van der Waals surface area (Å²) in [6.07, 6.45) is -0.747. The molecule has 2 bridgehead atoms. The van der Waals surface area contributed by atoms with E-state index >= 15 is 0 Å². The molecule has 0 aliphatic carbocycles. The number of phosphoric acid groups is 1. The maximum Gasteiger partial charge on any atom is 0.486 e. The molecule has 4 fully saturated rings. The second-order valence-electron chi connectivity index (χ2n) is 1.85. The Morgan fingerprint density at radius 3 is 2.44 bits per heavy atom. The van der Waals surface area contributed by atoms with Crippen LogP contribution in [-0.4, -0.2) is 12.3 Å². The molecule has 0 aromatic carbocycles. The fourth-order valence-corrected chi connectivity index (χ4v) is 2.20. The van der Waals surface area contributed by atoms with E-state index in [4.69, 9.17) is 0 Å². The van der Waals surface area contributed by atoms with Gasteiger partial charge in [0.25, 0.3) is 6.29 Å². The van der Waals surface area contributed by atoms with Crippen LogP contribution in [-0.2, 0) is 27.9 Å². The molecule has 4 saturated heterocycles. The summed E-state index contributed by atoms with van der Waals surface area (Å²) < 4.78 is 24.5. The van der Waals surface area contributed by atoms with Crippen LogP contribution in [0.2, 0.25) is 0 Å². The molecule has 50 valence electrons. The van der Waals surface area contributed by atoms with Crippen molar-refractivity contribution in [1.82, 2.24) is 0 Å². The first-order valence-electron chi connectivity index (χ1n) is 2.27. The summed E-state index contributed by atoms with van der Waals surface area (Å²) in [6.45, 7) is 0. The second kappa shape index (κ2) is 0.989. The van der Waals surface area contributed by atoms with Gasteiger partial charge >= 0.3 is 13.8 Å². The Hall–Kier alpha value is 0.0300. The zero-order valence-corrected chi connectivity index (χ0v) is 4.87. The van der Waals surface area contributed by atoms with E-state index in [1.54, 1.807) is 0 Å². The molecular weight excluding hydrogens is 151 g/mol.